The summed E-state index contributed by atoms with van der Waals surface area (Å²) in [5.74, 6) is -1.79. The molecule has 0 spiro atoms. The van der Waals surface area contributed by atoms with E-state index in [-0.39, 0.29) is 23.8 Å². The minimum Gasteiger partial charge on any atom is -0.481 e. The molecule has 1 fully saturated rings. The highest BCUT2D eigenvalue weighted by atomic mass is 32.2. The molecule has 22 heavy (non-hydrogen) atoms. The maximum absolute atomic E-state index is 12.7. The van der Waals surface area contributed by atoms with Crippen molar-refractivity contribution in [1.29, 1.82) is 0 Å². The van der Waals surface area contributed by atoms with Gasteiger partial charge in [0.2, 0.25) is 15.9 Å². The molecule has 3 rings (SSSR count). The number of carboxylic acid groups (broad SMARTS) is 1. The number of hydrogen-bond donors (Lipinski definition) is 2. The van der Waals surface area contributed by atoms with Crippen molar-refractivity contribution in [2.24, 2.45) is 5.92 Å². The zero-order valence-electron chi connectivity index (χ0n) is 11.8. The second-order valence-corrected chi connectivity index (χ2v) is 7.52. The van der Waals surface area contributed by atoms with Gasteiger partial charge in [-0.2, -0.15) is 4.31 Å². The molecule has 8 heteroatoms. The molecule has 0 aliphatic carbocycles. The predicted octanol–water partition coefficient (Wildman–Crippen LogP) is 0.666. The zero-order valence-corrected chi connectivity index (χ0v) is 12.6. The lowest BCUT2D eigenvalue weighted by molar-refractivity contribution is -0.142. The van der Waals surface area contributed by atoms with Gasteiger partial charge in [0, 0.05) is 18.8 Å². The Kier molecular flexibility index (Phi) is 3.65. The second-order valence-electron chi connectivity index (χ2n) is 5.58. The normalized spacial score (nSPS) is 22.2. The van der Waals surface area contributed by atoms with Gasteiger partial charge >= 0.3 is 5.97 Å². The Morgan fingerprint density at radius 2 is 2.14 bits per heavy atom. The molecule has 1 aromatic rings. The topological polar surface area (TPSA) is 104 Å². The SMILES string of the molecule is O=C1Cc2cc(S(=O)(=O)N3CCCC(C(=O)O)C3)ccc2N1. The number of sulfonamides is 1. The number of benzene rings is 1. The molecule has 2 aliphatic heterocycles. The number of carbonyl (C=O) groups excluding carboxylic acids is 1. The number of fused-ring (bicyclic) bond motifs is 1. The molecule has 7 nitrogen and oxygen atoms in total. The average molecular weight is 324 g/mol. The van der Waals surface area contributed by atoms with Gasteiger partial charge in [-0.1, -0.05) is 0 Å². The van der Waals surface area contributed by atoms with Gasteiger partial charge in [0.1, 0.15) is 0 Å². The maximum Gasteiger partial charge on any atom is 0.307 e. The van der Waals surface area contributed by atoms with Crippen LogP contribution in [0.4, 0.5) is 5.69 Å². The molecule has 1 saturated heterocycles. The van der Waals surface area contributed by atoms with Gasteiger partial charge in [-0.15, -0.1) is 0 Å². The van der Waals surface area contributed by atoms with Crippen LogP contribution in [0.3, 0.4) is 0 Å². The van der Waals surface area contributed by atoms with Crippen molar-refractivity contribution < 1.29 is 23.1 Å². The number of anilines is 1. The van der Waals surface area contributed by atoms with E-state index in [4.69, 9.17) is 5.11 Å². The summed E-state index contributed by atoms with van der Waals surface area (Å²) in [4.78, 5) is 22.5. The Morgan fingerprint density at radius 1 is 1.36 bits per heavy atom. The van der Waals surface area contributed by atoms with Gasteiger partial charge in [-0.25, -0.2) is 8.42 Å². The van der Waals surface area contributed by atoms with Gasteiger partial charge in [-0.05, 0) is 36.6 Å². The Hall–Kier alpha value is -1.93. The molecule has 1 aromatic carbocycles. The molecule has 2 N–H and O–H groups in total. The molecule has 1 unspecified atom stereocenters. The fourth-order valence-corrected chi connectivity index (χ4v) is 4.45. The molecular formula is C14H16N2O5S. The number of hydrogen-bond acceptors (Lipinski definition) is 4. The van der Waals surface area contributed by atoms with E-state index in [1.54, 1.807) is 6.07 Å². The second kappa shape index (κ2) is 5.36. The lowest BCUT2D eigenvalue weighted by atomic mass is 10.0. The first kappa shape index (κ1) is 15.0. The zero-order chi connectivity index (χ0) is 15.9. The van der Waals surface area contributed by atoms with E-state index in [0.717, 1.165) is 0 Å². The predicted molar refractivity (Wildman–Crippen MR) is 77.9 cm³/mol. The van der Waals surface area contributed by atoms with Gasteiger partial charge in [0.25, 0.3) is 0 Å². The van der Waals surface area contributed by atoms with Crippen LogP contribution in [0.1, 0.15) is 18.4 Å². The highest BCUT2D eigenvalue weighted by molar-refractivity contribution is 7.89. The highest BCUT2D eigenvalue weighted by Gasteiger charge is 2.33. The van der Waals surface area contributed by atoms with Crippen LogP contribution in [0.25, 0.3) is 0 Å². The molecule has 0 bridgehead atoms. The number of nitrogens with one attached hydrogen (secondary N) is 1. The van der Waals surface area contributed by atoms with Crippen molar-refractivity contribution in [2.45, 2.75) is 24.2 Å². The van der Waals surface area contributed by atoms with E-state index in [2.05, 4.69) is 5.32 Å². The minimum absolute atomic E-state index is 0.00800. The van der Waals surface area contributed by atoms with Crippen LogP contribution in [-0.2, 0) is 26.0 Å². The molecular weight excluding hydrogens is 308 g/mol. The summed E-state index contributed by atoms with van der Waals surface area (Å²) < 4.78 is 26.6. The monoisotopic (exact) mass is 324 g/mol. The van der Waals surface area contributed by atoms with Crippen molar-refractivity contribution in [3.05, 3.63) is 23.8 Å². The molecule has 0 aromatic heterocycles. The summed E-state index contributed by atoms with van der Waals surface area (Å²) in [6, 6.07) is 4.52. The third kappa shape index (κ3) is 2.59. The van der Waals surface area contributed by atoms with Crippen LogP contribution in [-0.4, -0.2) is 42.8 Å². The Bertz CT molecular complexity index is 744. The molecule has 0 radical (unpaired) electrons. The van der Waals surface area contributed by atoms with Crippen LogP contribution < -0.4 is 5.32 Å². The average Bonchev–Trinajstić information content (AvgIpc) is 2.86. The minimum atomic E-state index is -3.74. The van der Waals surface area contributed by atoms with Crippen molar-refractivity contribution in [3.63, 3.8) is 0 Å². The van der Waals surface area contributed by atoms with Crippen LogP contribution in [0.15, 0.2) is 23.1 Å². The molecule has 2 aliphatic rings. The van der Waals surface area contributed by atoms with Crippen LogP contribution in [0, 0.1) is 5.92 Å². The number of amides is 1. The van der Waals surface area contributed by atoms with E-state index < -0.39 is 21.9 Å². The largest absolute Gasteiger partial charge is 0.481 e. The van der Waals surface area contributed by atoms with Gasteiger partial charge in [-0.3, -0.25) is 9.59 Å². The molecule has 2 heterocycles. The van der Waals surface area contributed by atoms with Crippen molar-refractivity contribution >= 4 is 27.6 Å². The van der Waals surface area contributed by atoms with E-state index >= 15 is 0 Å². The van der Waals surface area contributed by atoms with Crippen LogP contribution >= 0.6 is 0 Å². The number of piperidine rings is 1. The summed E-state index contributed by atoms with van der Waals surface area (Å²) in [6.07, 6.45) is 1.18. The first-order chi connectivity index (χ1) is 10.4. The van der Waals surface area contributed by atoms with Crippen molar-refractivity contribution in [1.82, 2.24) is 4.31 Å². The fourth-order valence-electron chi connectivity index (χ4n) is 2.88. The summed E-state index contributed by atoms with van der Waals surface area (Å²) in [6.45, 7) is 0.312. The number of nitrogens with zero attached hydrogens (tertiary/aromatic N) is 1. The summed E-state index contributed by atoms with van der Waals surface area (Å²) in [5, 5.41) is 11.7. The number of carbonyl (C=O) groups is 2. The van der Waals surface area contributed by atoms with Crippen LogP contribution in [0.5, 0.6) is 0 Å². The standard InChI is InChI=1S/C14H16N2O5S/c17-13-7-10-6-11(3-4-12(10)15-13)22(20,21)16-5-1-2-9(8-16)14(18)19/h3-4,6,9H,1-2,5,7-8H2,(H,15,17)(H,18,19). The smallest absolute Gasteiger partial charge is 0.307 e. The van der Waals surface area contributed by atoms with Crippen LogP contribution in [0.2, 0.25) is 0 Å². The van der Waals surface area contributed by atoms with E-state index in [1.807, 2.05) is 0 Å². The van der Waals surface area contributed by atoms with E-state index in [9.17, 15) is 18.0 Å². The third-order valence-electron chi connectivity index (χ3n) is 4.07. The van der Waals surface area contributed by atoms with E-state index in [1.165, 1.54) is 16.4 Å². The number of carboxylic acids is 1. The summed E-state index contributed by atoms with van der Waals surface area (Å²) in [7, 11) is -3.74. The molecule has 0 saturated carbocycles. The fraction of sp³-hybridized carbons (Fsp3) is 0.429. The molecule has 118 valence electrons. The number of aliphatic carboxylic acids is 1. The van der Waals surface area contributed by atoms with Gasteiger partial charge < -0.3 is 10.4 Å². The first-order valence-electron chi connectivity index (χ1n) is 7.03. The first-order valence-corrected chi connectivity index (χ1v) is 8.47. The quantitative estimate of drug-likeness (QED) is 0.850. The lowest BCUT2D eigenvalue weighted by Gasteiger charge is -2.29. The summed E-state index contributed by atoms with van der Waals surface area (Å²) >= 11 is 0. The maximum atomic E-state index is 12.7. The van der Waals surface area contributed by atoms with Crippen molar-refractivity contribution in [3.8, 4) is 0 Å². The lowest BCUT2D eigenvalue weighted by Crippen LogP contribution is -2.42. The Morgan fingerprint density at radius 3 is 2.86 bits per heavy atom. The Labute approximate surface area is 128 Å². The number of rotatable bonds is 3. The third-order valence-corrected chi connectivity index (χ3v) is 5.93. The highest BCUT2D eigenvalue weighted by Crippen LogP contribution is 2.29. The van der Waals surface area contributed by atoms with Crippen molar-refractivity contribution in [2.75, 3.05) is 18.4 Å². The van der Waals surface area contributed by atoms with Gasteiger partial charge in [0.05, 0.1) is 17.2 Å². The Balaban J connectivity index is 1.89. The summed E-state index contributed by atoms with van der Waals surface area (Å²) in [5.41, 5.74) is 1.28. The van der Waals surface area contributed by atoms with E-state index in [0.29, 0.717) is 30.6 Å². The van der Waals surface area contributed by atoms with Gasteiger partial charge in [0.15, 0.2) is 0 Å². The molecule has 1 amide bonds. The molecule has 1 atom stereocenters.